The zero-order valence-corrected chi connectivity index (χ0v) is 30.5. The van der Waals surface area contributed by atoms with Crippen LogP contribution in [0.3, 0.4) is 0 Å². The molecule has 11 aromatic rings. The van der Waals surface area contributed by atoms with E-state index in [1.54, 1.807) is 11.3 Å². The Morgan fingerprint density at radius 2 is 1.17 bits per heavy atom. The molecule has 7 aromatic carbocycles. The smallest absolute Gasteiger partial charge is 0.235 e. The van der Waals surface area contributed by atoms with Crippen molar-refractivity contribution in [3.05, 3.63) is 169 Å². The van der Waals surface area contributed by atoms with Gasteiger partial charge in [0.1, 0.15) is 0 Å². The van der Waals surface area contributed by atoms with Crippen LogP contribution in [0.15, 0.2) is 158 Å². The van der Waals surface area contributed by atoms with Crippen LogP contribution in [0.25, 0.3) is 97.9 Å². The van der Waals surface area contributed by atoms with E-state index in [1.165, 1.54) is 59.5 Å². The molecule has 1 aliphatic rings. The third-order valence-electron chi connectivity index (χ3n) is 11.8. The standard InChI is InChI=1S/C49H32N4S/c1-49(2)37-20-10-6-18-35(37)43-38(49)27-26-34-33-25-24-30(52-39-21-11-7-16-31(39)32-17-8-12-22-40(32)52)28-41(33)53(46(34)43)48-50-44(29-14-4-3-5-15-29)47-45(51-48)36-19-9-13-23-42(36)54-47/h3-28H,1-2H3. The molecule has 5 heteroatoms. The van der Waals surface area contributed by atoms with Gasteiger partial charge in [-0.05, 0) is 47.0 Å². The highest BCUT2D eigenvalue weighted by molar-refractivity contribution is 7.26. The van der Waals surface area contributed by atoms with E-state index in [4.69, 9.17) is 9.97 Å². The maximum absolute atomic E-state index is 5.57. The van der Waals surface area contributed by atoms with Crippen molar-refractivity contribution >= 4 is 75.3 Å². The van der Waals surface area contributed by atoms with Crippen molar-refractivity contribution in [3.63, 3.8) is 0 Å². The van der Waals surface area contributed by atoms with Crippen LogP contribution in [0.1, 0.15) is 25.0 Å². The number of aromatic nitrogens is 4. The second-order valence-electron chi connectivity index (χ2n) is 15.0. The molecule has 0 unspecified atom stereocenters. The zero-order valence-electron chi connectivity index (χ0n) is 29.7. The van der Waals surface area contributed by atoms with Crippen molar-refractivity contribution in [1.29, 1.82) is 0 Å². The molecule has 0 saturated carbocycles. The molecule has 1 aliphatic carbocycles. The van der Waals surface area contributed by atoms with Crippen molar-refractivity contribution in [2.45, 2.75) is 19.3 Å². The molecule has 0 amide bonds. The number of thiophene rings is 1. The van der Waals surface area contributed by atoms with Crippen LogP contribution in [0.2, 0.25) is 0 Å². The van der Waals surface area contributed by atoms with E-state index in [0.29, 0.717) is 5.95 Å². The maximum atomic E-state index is 5.57. The Bertz CT molecular complexity index is 3310. The van der Waals surface area contributed by atoms with Crippen LogP contribution in [-0.2, 0) is 5.41 Å². The minimum atomic E-state index is -0.154. The molecule has 4 heterocycles. The normalized spacial score (nSPS) is 13.5. The first kappa shape index (κ1) is 30.0. The predicted octanol–water partition coefficient (Wildman–Crippen LogP) is 13.0. The third-order valence-corrected chi connectivity index (χ3v) is 12.9. The van der Waals surface area contributed by atoms with E-state index in [1.807, 2.05) is 0 Å². The van der Waals surface area contributed by atoms with Gasteiger partial charge in [0, 0.05) is 53.9 Å². The van der Waals surface area contributed by atoms with Crippen molar-refractivity contribution < 1.29 is 0 Å². The summed E-state index contributed by atoms with van der Waals surface area (Å²) >= 11 is 1.77. The van der Waals surface area contributed by atoms with Crippen LogP contribution in [0.4, 0.5) is 0 Å². The van der Waals surface area contributed by atoms with Gasteiger partial charge in [0.2, 0.25) is 5.95 Å². The molecule has 0 aliphatic heterocycles. The number of hydrogen-bond donors (Lipinski definition) is 0. The first-order valence-corrected chi connectivity index (χ1v) is 19.3. The van der Waals surface area contributed by atoms with Gasteiger partial charge in [0.05, 0.1) is 38.0 Å². The highest BCUT2D eigenvalue weighted by atomic mass is 32.1. The Morgan fingerprint density at radius 3 is 1.96 bits per heavy atom. The maximum Gasteiger partial charge on any atom is 0.235 e. The van der Waals surface area contributed by atoms with Crippen LogP contribution < -0.4 is 0 Å². The summed E-state index contributed by atoms with van der Waals surface area (Å²) in [6.07, 6.45) is 0. The van der Waals surface area contributed by atoms with E-state index in [2.05, 4.69) is 181 Å². The topological polar surface area (TPSA) is 35.6 Å². The number of benzene rings is 7. The monoisotopic (exact) mass is 708 g/mol. The van der Waals surface area contributed by atoms with Gasteiger partial charge in [0.25, 0.3) is 0 Å². The van der Waals surface area contributed by atoms with Crippen LogP contribution in [0, 0.1) is 0 Å². The zero-order chi connectivity index (χ0) is 35.7. The number of hydrogen-bond acceptors (Lipinski definition) is 3. The van der Waals surface area contributed by atoms with Crippen LogP contribution in [-0.4, -0.2) is 19.1 Å². The van der Waals surface area contributed by atoms with Crippen molar-refractivity contribution in [2.24, 2.45) is 0 Å². The number of fused-ring (bicyclic) bond motifs is 13. The van der Waals surface area contributed by atoms with E-state index < -0.39 is 0 Å². The second kappa shape index (κ2) is 10.8. The fourth-order valence-electron chi connectivity index (χ4n) is 9.30. The quantitative estimate of drug-likeness (QED) is 0.183. The molecule has 0 N–H and O–H groups in total. The van der Waals surface area contributed by atoms with Crippen molar-refractivity contribution in [2.75, 3.05) is 0 Å². The number of nitrogens with zero attached hydrogens (tertiary/aromatic N) is 4. The lowest BCUT2D eigenvalue weighted by atomic mass is 9.82. The molecule has 4 nitrogen and oxygen atoms in total. The lowest BCUT2D eigenvalue weighted by Crippen LogP contribution is -2.14. The molecule has 4 aromatic heterocycles. The number of para-hydroxylation sites is 2. The van der Waals surface area contributed by atoms with E-state index in [9.17, 15) is 0 Å². The van der Waals surface area contributed by atoms with Gasteiger partial charge >= 0.3 is 0 Å². The Kier molecular flexibility index (Phi) is 5.96. The lowest BCUT2D eigenvalue weighted by Gasteiger charge is -2.21. The Labute approximate surface area is 315 Å². The minimum absolute atomic E-state index is 0.154. The summed E-state index contributed by atoms with van der Waals surface area (Å²) in [7, 11) is 0. The third kappa shape index (κ3) is 3.91. The lowest BCUT2D eigenvalue weighted by molar-refractivity contribution is 0.661. The minimum Gasteiger partial charge on any atom is -0.309 e. The average Bonchev–Trinajstić information content (AvgIpc) is 3.93. The summed E-state index contributed by atoms with van der Waals surface area (Å²) in [5.41, 5.74) is 13.8. The molecule has 0 atom stereocenters. The summed E-state index contributed by atoms with van der Waals surface area (Å²) in [6.45, 7) is 4.70. The fourth-order valence-corrected chi connectivity index (χ4v) is 10.5. The molecule has 0 spiro atoms. The van der Waals surface area contributed by atoms with Gasteiger partial charge in [0.15, 0.2) is 0 Å². The summed E-state index contributed by atoms with van der Waals surface area (Å²) in [5.74, 6) is 0.680. The van der Waals surface area contributed by atoms with Gasteiger partial charge in [-0.1, -0.05) is 141 Å². The molecule has 0 fully saturated rings. The van der Waals surface area contributed by atoms with Crippen LogP contribution >= 0.6 is 11.3 Å². The molecular formula is C49H32N4S. The van der Waals surface area contributed by atoms with Crippen LogP contribution in [0.5, 0.6) is 0 Å². The summed E-state index contributed by atoms with van der Waals surface area (Å²) in [5, 5.41) is 6.03. The molecule has 0 radical (unpaired) electrons. The summed E-state index contributed by atoms with van der Waals surface area (Å²) in [4.78, 5) is 11.1. The largest absolute Gasteiger partial charge is 0.309 e. The molecule has 0 saturated heterocycles. The molecule has 12 rings (SSSR count). The molecular weight excluding hydrogens is 677 g/mol. The van der Waals surface area contributed by atoms with E-state index in [0.717, 1.165) is 43.6 Å². The molecule has 0 bridgehead atoms. The first-order valence-electron chi connectivity index (χ1n) is 18.5. The molecule has 54 heavy (non-hydrogen) atoms. The van der Waals surface area contributed by atoms with Gasteiger partial charge in [-0.3, -0.25) is 4.57 Å². The van der Waals surface area contributed by atoms with Gasteiger partial charge in [-0.15, -0.1) is 11.3 Å². The summed E-state index contributed by atoms with van der Waals surface area (Å²) < 4.78 is 7.09. The fraction of sp³-hybridized carbons (Fsp3) is 0.0612. The highest BCUT2D eigenvalue weighted by Crippen LogP contribution is 2.53. The Morgan fingerprint density at radius 1 is 0.519 bits per heavy atom. The Hall–Kier alpha value is -6.56. The SMILES string of the molecule is CC1(C)c2ccccc2-c2c1ccc1c3ccc(-n4c5ccccc5c5ccccc54)cc3n(-c3nc(-c4ccccc4)c4sc5ccccc5c4n3)c21. The van der Waals surface area contributed by atoms with E-state index in [-0.39, 0.29) is 5.41 Å². The van der Waals surface area contributed by atoms with Gasteiger partial charge in [-0.2, -0.15) is 0 Å². The summed E-state index contributed by atoms with van der Waals surface area (Å²) in [6, 6.07) is 57.2. The number of rotatable bonds is 3. The van der Waals surface area contributed by atoms with Crippen molar-refractivity contribution in [3.8, 4) is 34.0 Å². The Balaban J connectivity index is 1.27. The average molecular weight is 709 g/mol. The van der Waals surface area contributed by atoms with Gasteiger partial charge in [-0.25, -0.2) is 9.97 Å². The van der Waals surface area contributed by atoms with Gasteiger partial charge < -0.3 is 4.57 Å². The predicted molar refractivity (Wildman–Crippen MR) is 227 cm³/mol. The van der Waals surface area contributed by atoms with E-state index >= 15 is 0 Å². The van der Waals surface area contributed by atoms with Crippen molar-refractivity contribution in [1.82, 2.24) is 19.1 Å². The highest BCUT2D eigenvalue weighted by Gasteiger charge is 2.38. The molecule has 254 valence electrons. The first-order chi connectivity index (χ1) is 26.6. The second-order valence-corrected chi connectivity index (χ2v) is 16.0.